The summed E-state index contributed by atoms with van der Waals surface area (Å²) < 4.78 is 0. The number of nitrogens with two attached hydrogens (primary N) is 3. The Bertz CT molecular complexity index is 226. The third kappa shape index (κ3) is 0.985. The summed E-state index contributed by atoms with van der Waals surface area (Å²) in [7, 11) is 0. The van der Waals surface area contributed by atoms with Crippen molar-refractivity contribution in [3.63, 3.8) is 0 Å². The van der Waals surface area contributed by atoms with Crippen LogP contribution in [0.2, 0.25) is 0 Å². The third-order valence-electron chi connectivity index (χ3n) is 1.21. The summed E-state index contributed by atoms with van der Waals surface area (Å²) in [6.45, 7) is 0. The first kappa shape index (κ1) is 6.76. The van der Waals surface area contributed by atoms with Gasteiger partial charge in [-0.2, -0.15) is 0 Å². The van der Waals surface area contributed by atoms with Crippen LogP contribution in [0.15, 0.2) is 16.9 Å². The number of nitrogens with zero attached hydrogens (tertiary/aromatic N) is 1. The zero-order chi connectivity index (χ0) is 7.72. The summed E-state index contributed by atoms with van der Waals surface area (Å²) in [5, 5.41) is 7.21. The number of rotatable bonds is 0. The van der Waals surface area contributed by atoms with Gasteiger partial charge in [0, 0.05) is 0 Å². The minimum atomic E-state index is -0.502. The van der Waals surface area contributed by atoms with Crippen molar-refractivity contribution in [2.24, 2.45) is 22.2 Å². The molecule has 5 nitrogen and oxygen atoms in total. The lowest BCUT2D eigenvalue weighted by atomic mass is 10.1. The fourth-order valence-corrected chi connectivity index (χ4v) is 0.675. The highest BCUT2D eigenvalue weighted by Crippen LogP contribution is 1.99. The molecule has 1 aliphatic heterocycles. The highest BCUT2D eigenvalue weighted by atomic mass is 15.0. The first-order valence-corrected chi connectivity index (χ1v) is 2.77. The fourth-order valence-electron chi connectivity index (χ4n) is 0.675. The van der Waals surface area contributed by atoms with Crippen LogP contribution >= 0.6 is 0 Å². The minimum absolute atomic E-state index is 0.104. The van der Waals surface area contributed by atoms with E-state index >= 15 is 0 Å². The molecule has 0 aliphatic carbocycles. The third-order valence-corrected chi connectivity index (χ3v) is 1.21. The van der Waals surface area contributed by atoms with Crippen LogP contribution in [0.4, 0.5) is 0 Å². The fraction of sp³-hybridized carbons (Fsp3) is 0.200. The molecule has 0 fully saturated rings. The van der Waals surface area contributed by atoms with E-state index in [0.29, 0.717) is 0 Å². The summed E-state index contributed by atoms with van der Waals surface area (Å²) in [5.74, 6) is 0.383. The molecule has 0 aromatic heterocycles. The Hall–Kier alpha value is -1.36. The standard InChI is InChI=1S/C5H9N5/c6-2-1-3(7)10-5(9)4(2)8/h1-2,8H,6-7H2,(H2,9,10). The molecule has 54 valence electrons. The Morgan fingerprint density at radius 2 is 2.10 bits per heavy atom. The van der Waals surface area contributed by atoms with Crippen molar-refractivity contribution in [1.29, 1.82) is 5.41 Å². The summed E-state index contributed by atoms with van der Waals surface area (Å²) in [6, 6.07) is -0.502. The van der Waals surface area contributed by atoms with Gasteiger partial charge in [-0.1, -0.05) is 0 Å². The molecule has 0 bridgehead atoms. The Labute approximate surface area is 58.1 Å². The second kappa shape index (κ2) is 2.11. The van der Waals surface area contributed by atoms with Gasteiger partial charge in [0.1, 0.15) is 11.7 Å². The maximum absolute atomic E-state index is 7.21. The molecule has 1 rings (SSSR count). The predicted molar refractivity (Wildman–Crippen MR) is 39.6 cm³/mol. The highest BCUT2D eigenvalue weighted by Gasteiger charge is 2.15. The van der Waals surface area contributed by atoms with Crippen LogP contribution in [-0.2, 0) is 0 Å². The molecule has 0 aromatic rings. The van der Waals surface area contributed by atoms with Gasteiger partial charge in [0.25, 0.3) is 0 Å². The van der Waals surface area contributed by atoms with Crippen molar-refractivity contribution < 1.29 is 0 Å². The molecule has 0 aromatic carbocycles. The lowest BCUT2D eigenvalue weighted by molar-refractivity contribution is 1.02. The normalized spacial score (nSPS) is 25.7. The summed E-state index contributed by atoms with van der Waals surface area (Å²) >= 11 is 0. The van der Waals surface area contributed by atoms with Crippen molar-refractivity contribution in [2.75, 3.05) is 0 Å². The monoisotopic (exact) mass is 139 g/mol. The summed E-state index contributed by atoms with van der Waals surface area (Å²) in [5.41, 5.74) is 16.1. The number of aliphatic imine (C=N–C) groups is 1. The molecule has 1 unspecified atom stereocenters. The van der Waals surface area contributed by atoms with E-state index in [0.717, 1.165) is 0 Å². The SMILES string of the molecule is N=C1C(N)=NC(N)=CC1N. The largest absolute Gasteiger partial charge is 0.384 e. The Balaban J connectivity index is 2.95. The molecule has 1 aliphatic rings. The van der Waals surface area contributed by atoms with Crippen LogP contribution < -0.4 is 17.2 Å². The first-order valence-electron chi connectivity index (χ1n) is 2.77. The van der Waals surface area contributed by atoms with Crippen LogP contribution in [-0.4, -0.2) is 17.6 Å². The van der Waals surface area contributed by atoms with Crippen LogP contribution in [0.5, 0.6) is 0 Å². The van der Waals surface area contributed by atoms with Crippen LogP contribution in [0, 0.1) is 5.41 Å². The van der Waals surface area contributed by atoms with Gasteiger partial charge in [0.15, 0.2) is 0 Å². The van der Waals surface area contributed by atoms with Gasteiger partial charge in [-0.3, -0.25) is 5.41 Å². The van der Waals surface area contributed by atoms with Crippen LogP contribution in [0.3, 0.4) is 0 Å². The van der Waals surface area contributed by atoms with E-state index in [1.807, 2.05) is 0 Å². The maximum atomic E-state index is 7.21. The Kier molecular flexibility index (Phi) is 1.42. The van der Waals surface area contributed by atoms with E-state index in [9.17, 15) is 0 Å². The molecular formula is C5H9N5. The number of hydrogen-bond donors (Lipinski definition) is 4. The van der Waals surface area contributed by atoms with Crippen molar-refractivity contribution >= 4 is 11.5 Å². The Morgan fingerprint density at radius 1 is 1.50 bits per heavy atom. The van der Waals surface area contributed by atoms with Crippen molar-refractivity contribution in [3.05, 3.63) is 11.9 Å². The molecule has 0 radical (unpaired) electrons. The maximum Gasteiger partial charge on any atom is 0.148 e. The molecule has 0 saturated heterocycles. The second-order valence-corrected chi connectivity index (χ2v) is 2.03. The van der Waals surface area contributed by atoms with Gasteiger partial charge < -0.3 is 17.2 Å². The summed E-state index contributed by atoms with van der Waals surface area (Å²) in [4.78, 5) is 3.64. The molecule has 1 heterocycles. The molecule has 1 atom stereocenters. The van der Waals surface area contributed by atoms with Gasteiger partial charge in [0.2, 0.25) is 0 Å². The molecule has 10 heavy (non-hydrogen) atoms. The van der Waals surface area contributed by atoms with Crippen molar-refractivity contribution in [1.82, 2.24) is 0 Å². The molecule has 5 heteroatoms. The molecular weight excluding hydrogens is 130 g/mol. The van der Waals surface area contributed by atoms with Gasteiger partial charge in [0.05, 0.1) is 11.8 Å². The van der Waals surface area contributed by atoms with Gasteiger partial charge in [-0.05, 0) is 6.08 Å². The van der Waals surface area contributed by atoms with E-state index in [4.69, 9.17) is 22.6 Å². The highest BCUT2D eigenvalue weighted by molar-refractivity contribution is 6.42. The molecule has 0 spiro atoms. The van der Waals surface area contributed by atoms with Gasteiger partial charge >= 0.3 is 0 Å². The minimum Gasteiger partial charge on any atom is -0.384 e. The smallest absolute Gasteiger partial charge is 0.148 e. The van der Waals surface area contributed by atoms with Crippen molar-refractivity contribution in [2.45, 2.75) is 6.04 Å². The first-order chi connectivity index (χ1) is 4.61. The van der Waals surface area contributed by atoms with E-state index in [1.54, 1.807) is 0 Å². The van der Waals surface area contributed by atoms with E-state index in [-0.39, 0.29) is 17.4 Å². The second-order valence-electron chi connectivity index (χ2n) is 2.03. The molecule has 0 amide bonds. The quantitative estimate of drug-likeness (QED) is 0.327. The lowest BCUT2D eigenvalue weighted by Crippen LogP contribution is -2.41. The topological polar surface area (TPSA) is 114 Å². The van der Waals surface area contributed by atoms with Gasteiger partial charge in [-0.25, -0.2) is 4.99 Å². The summed E-state index contributed by atoms with van der Waals surface area (Å²) in [6.07, 6.45) is 1.48. The Morgan fingerprint density at radius 3 is 2.60 bits per heavy atom. The average Bonchev–Trinajstić information content (AvgIpc) is 1.82. The molecule has 0 saturated carbocycles. The zero-order valence-electron chi connectivity index (χ0n) is 5.33. The van der Waals surface area contributed by atoms with Crippen LogP contribution in [0.1, 0.15) is 0 Å². The molecule has 7 N–H and O–H groups in total. The van der Waals surface area contributed by atoms with E-state index in [1.165, 1.54) is 6.08 Å². The zero-order valence-corrected chi connectivity index (χ0v) is 5.33. The van der Waals surface area contributed by atoms with E-state index < -0.39 is 6.04 Å². The number of hydrogen-bond acceptors (Lipinski definition) is 5. The van der Waals surface area contributed by atoms with E-state index in [2.05, 4.69) is 4.99 Å². The van der Waals surface area contributed by atoms with Crippen LogP contribution in [0.25, 0.3) is 0 Å². The lowest BCUT2D eigenvalue weighted by Gasteiger charge is -2.13. The number of amidine groups is 1. The number of nitrogens with one attached hydrogen (secondary N) is 1. The predicted octanol–water partition coefficient (Wildman–Crippen LogP) is -1.50. The average molecular weight is 139 g/mol. The van der Waals surface area contributed by atoms with Gasteiger partial charge in [-0.15, -0.1) is 0 Å². The van der Waals surface area contributed by atoms with Crippen molar-refractivity contribution in [3.8, 4) is 0 Å².